The molecule has 0 saturated heterocycles. The van der Waals surface area contributed by atoms with E-state index >= 15 is 0 Å². The van der Waals surface area contributed by atoms with Gasteiger partial charge in [0.15, 0.2) is 9.84 Å². The van der Waals surface area contributed by atoms with E-state index in [0.717, 1.165) is 12.3 Å². The maximum atomic E-state index is 11.4. The smallest absolute Gasteiger partial charge is 0.151 e. The van der Waals surface area contributed by atoms with Gasteiger partial charge in [0, 0.05) is 12.3 Å². The SMILES string of the molecule is CNC(CC1CCC1)C(C)S(C)(=O)=O. The minimum atomic E-state index is -2.91. The summed E-state index contributed by atoms with van der Waals surface area (Å²) < 4.78 is 22.8. The van der Waals surface area contributed by atoms with E-state index in [4.69, 9.17) is 0 Å². The molecule has 14 heavy (non-hydrogen) atoms. The molecule has 0 amide bonds. The zero-order valence-corrected chi connectivity index (χ0v) is 10.1. The summed E-state index contributed by atoms with van der Waals surface area (Å²) in [6.07, 6.45) is 6.19. The highest BCUT2D eigenvalue weighted by Crippen LogP contribution is 2.31. The van der Waals surface area contributed by atoms with Gasteiger partial charge in [-0.3, -0.25) is 0 Å². The minimum Gasteiger partial charge on any atom is -0.316 e. The van der Waals surface area contributed by atoms with Gasteiger partial charge in [-0.15, -0.1) is 0 Å². The molecule has 0 heterocycles. The van der Waals surface area contributed by atoms with Crippen molar-refractivity contribution >= 4 is 9.84 Å². The molecule has 3 nitrogen and oxygen atoms in total. The van der Waals surface area contributed by atoms with E-state index in [9.17, 15) is 8.42 Å². The number of nitrogens with one attached hydrogen (secondary N) is 1. The number of rotatable bonds is 5. The summed E-state index contributed by atoms with van der Waals surface area (Å²) in [6.45, 7) is 1.80. The molecule has 0 aromatic heterocycles. The average Bonchev–Trinajstić information content (AvgIpc) is 2.00. The Morgan fingerprint density at radius 3 is 2.29 bits per heavy atom. The predicted octanol–water partition coefficient (Wildman–Crippen LogP) is 1.20. The topological polar surface area (TPSA) is 46.2 Å². The van der Waals surface area contributed by atoms with Crippen molar-refractivity contribution in [2.24, 2.45) is 5.92 Å². The zero-order valence-electron chi connectivity index (χ0n) is 9.29. The Bertz CT molecular complexity index is 270. The molecule has 1 rings (SSSR count). The van der Waals surface area contributed by atoms with Crippen molar-refractivity contribution in [3.63, 3.8) is 0 Å². The standard InChI is InChI=1S/C10H21NO2S/c1-8(14(3,12)13)10(11-2)7-9-5-4-6-9/h8-11H,4-7H2,1-3H3. The second-order valence-electron chi connectivity index (χ2n) is 4.46. The van der Waals surface area contributed by atoms with Crippen LogP contribution in [0.1, 0.15) is 32.6 Å². The Balaban J connectivity index is 2.51. The highest BCUT2D eigenvalue weighted by atomic mass is 32.2. The molecule has 4 heteroatoms. The summed E-state index contributed by atoms with van der Waals surface area (Å²) >= 11 is 0. The summed E-state index contributed by atoms with van der Waals surface area (Å²) in [6, 6.07) is 0.121. The van der Waals surface area contributed by atoms with Crippen LogP contribution in [0, 0.1) is 5.92 Å². The lowest BCUT2D eigenvalue weighted by atomic mass is 9.80. The molecular formula is C10H21NO2S. The fourth-order valence-corrected chi connectivity index (χ4v) is 2.77. The van der Waals surface area contributed by atoms with Gasteiger partial charge in [0.2, 0.25) is 0 Å². The van der Waals surface area contributed by atoms with Gasteiger partial charge in [0.05, 0.1) is 5.25 Å². The number of sulfone groups is 1. The molecule has 1 saturated carbocycles. The summed E-state index contributed by atoms with van der Waals surface area (Å²) in [5.41, 5.74) is 0. The lowest BCUT2D eigenvalue weighted by molar-refractivity contribution is 0.262. The van der Waals surface area contributed by atoms with Crippen LogP contribution in [-0.2, 0) is 9.84 Å². The third kappa shape index (κ3) is 2.95. The van der Waals surface area contributed by atoms with Crippen molar-refractivity contribution in [2.45, 2.75) is 43.9 Å². The van der Waals surface area contributed by atoms with E-state index in [-0.39, 0.29) is 11.3 Å². The van der Waals surface area contributed by atoms with E-state index in [1.807, 2.05) is 7.05 Å². The van der Waals surface area contributed by atoms with Gasteiger partial charge in [-0.1, -0.05) is 19.3 Å². The molecule has 0 aromatic rings. The third-order valence-electron chi connectivity index (χ3n) is 3.42. The molecule has 2 atom stereocenters. The fourth-order valence-electron chi connectivity index (χ4n) is 1.93. The summed E-state index contributed by atoms with van der Waals surface area (Å²) in [4.78, 5) is 0. The molecular weight excluding hydrogens is 198 g/mol. The first-order valence-corrected chi connectivity index (χ1v) is 7.26. The van der Waals surface area contributed by atoms with E-state index in [2.05, 4.69) is 5.32 Å². The Morgan fingerprint density at radius 1 is 1.43 bits per heavy atom. The maximum Gasteiger partial charge on any atom is 0.151 e. The fraction of sp³-hybridized carbons (Fsp3) is 1.00. The molecule has 0 radical (unpaired) electrons. The number of hydrogen-bond donors (Lipinski definition) is 1. The van der Waals surface area contributed by atoms with Gasteiger partial charge >= 0.3 is 0 Å². The van der Waals surface area contributed by atoms with Crippen molar-refractivity contribution in [3.05, 3.63) is 0 Å². The summed E-state index contributed by atoms with van der Waals surface area (Å²) in [7, 11) is -1.05. The van der Waals surface area contributed by atoms with Gasteiger partial charge in [-0.05, 0) is 26.3 Å². The first kappa shape index (κ1) is 12.0. The Hall–Kier alpha value is -0.0900. The molecule has 0 bridgehead atoms. The van der Waals surface area contributed by atoms with E-state index in [1.54, 1.807) is 6.92 Å². The van der Waals surface area contributed by atoms with Crippen molar-refractivity contribution in [1.29, 1.82) is 0 Å². The quantitative estimate of drug-likeness (QED) is 0.755. The molecule has 0 aliphatic heterocycles. The zero-order chi connectivity index (χ0) is 10.8. The third-order valence-corrected chi connectivity index (χ3v) is 5.10. The first-order chi connectivity index (χ1) is 6.45. The van der Waals surface area contributed by atoms with Crippen LogP contribution in [0.3, 0.4) is 0 Å². The summed E-state index contributed by atoms with van der Waals surface area (Å²) in [5.74, 6) is 0.747. The van der Waals surface area contributed by atoms with Gasteiger partial charge in [0.1, 0.15) is 0 Å². The van der Waals surface area contributed by atoms with Crippen LogP contribution in [-0.4, -0.2) is 33.0 Å². The van der Waals surface area contributed by atoms with Crippen LogP contribution in [0.5, 0.6) is 0 Å². The van der Waals surface area contributed by atoms with Crippen LogP contribution in [0.25, 0.3) is 0 Å². The second-order valence-corrected chi connectivity index (χ2v) is 6.87. The highest BCUT2D eigenvalue weighted by Gasteiger charge is 2.29. The minimum absolute atomic E-state index is 0.121. The lowest BCUT2D eigenvalue weighted by Gasteiger charge is -2.31. The Morgan fingerprint density at radius 2 is 2.00 bits per heavy atom. The van der Waals surface area contributed by atoms with Gasteiger partial charge in [-0.2, -0.15) is 0 Å². The molecule has 1 aliphatic rings. The van der Waals surface area contributed by atoms with Gasteiger partial charge in [-0.25, -0.2) is 8.42 Å². The van der Waals surface area contributed by atoms with Crippen molar-refractivity contribution in [2.75, 3.05) is 13.3 Å². The molecule has 1 fully saturated rings. The Kier molecular flexibility index (Phi) is 3.95. The van der Waals surface area contributed by atoms with Crippen LogP contribution < -0.4 is 5.32 Å². The molecule has 84 valence electrons. The molecule has 0 spiro atoms. The molecule has 1 N–H and O–H groups in total. The normalized spacial score (nSPS) is 22.8. The number of hydrogen-bond acceptors (Lipinski definition) is 3. The Labute approximate surface area is 87.2 Å². The van der Waals surface area contributed by atoms with E-state index in [1.165, 1.54) is 25.5 Å². The van der Waals surface area contributed by atoms with Gasteiger partial charge < -0.3 is 5.32 Å². The monoisotopic (exact) mass is 219 g/mol. The van der Waals surface area contributed by atoms with Crippen molar-refractivity contribution < 1.29 is 8.42 Å². The van der Waals surface area contributed by atoms with Crippen molar-refractivity contribution in [1.82, 2.24) is 5.32 Å². The van der Waals surface area contributed by atoms with Crippen LogP contribution in [0.2, 0.25) is 0 Å². The van der Waals surface area contributed by atoms with E-state index < -0.39 is 9.84 Å². The largest absolute Gasteiger partial charge is 0.316 e. The summed E-state index contributed by atoms with van der Waals surface area (Å²) in [5, 5.41) is 2.86. The van der Waals surface area contributed by atoms with E-state index in [0.29, 0.717) is 0 Å². The molecule has 0 aromatic carbocycles. The maximum absolute atomic E-state index is 11.4. The predicted molar refractivity (Wildman–Crippen MR) is 59.1 cm³/mol. The van der Waals surface area contributed by atoms with Gasteiger partial charge in [0.25, 0.3) is 0 Å². The highest BCUT2D eigenvalue weighted by molar-refractivity contribution is 7.91. The second kappa shape index (κ2) is 4.62. The average molecular weight is 219 g/mol. The van der Waals surface area contributed by atoms with Crippen molar-refractivity contribution in [3.8, 4) is 0 Å². The lowest BCUT2D eigenvalue weighted by Crippen LogP contribution is -2.42. The molecule has 1 aliphatic carbocycles. The van der Waals surface area contributed by atoms with Crippen LogP contribution >= 0.6 is 0 Å². The van der Waals surface area contributed by atoms with Crippen LogP contribution in [0.15, 0.2) is 0 Å². The van der Waals surface area contributed by atoms with Crippen LogP contribution in [0.4, 0.5) is 0 Å². The molecule has 2 unspecified atom stereocenters. The first-order valence-electron chi connectivity index (χ1n) is 5.31.